The van der Waals surface area contributed by atoms with E-state index in [0.717, 1.165) is 22.3 Å². The lowest BCUT2D eigenvalue weighted by molar-refractivity contribution is 0.290. The zero-order valence-electron chi connectivity index (χ0n) is 15.1. The van der Waals surface area contributed by atoms with Crippen LogP contribution in [0.25, 0.3) is 6.08 Å². The van der Waals surface area contributed by atoms with Gasteiger partial charge in [0.05, 0.1) is 11.6 Å². The molecule has 1 aliphatic carbocycles. The Morgan fingerprint density at radius 2 is 1.93 bits per heavy atom. The summed E-state index contributed by atoms with van der Waals surface area (Å²) >= 11 is 0. The van der Waals surface area contributed by atoms with Crippen molar-refractivity contribution < 1.29 is 14.2 Å². The molecular formula is C24H18FNO2. The van der Waals surface area contributed by atoms with Crippen LogP contribution in [0.2, 0.25) is 0 Å². The number of rotatable bonds is 4. The first-order valence-electron chi connectivity index (χ1n) is 9.04. The fraction of sp³-hybridized carbons (Fsp3) is 0.125. The van der Waals surface area contributed by atoms with Crippen LogP contribution in [0.15, 0.2) is 66.7 Å². The molecule has 0 aliphatic heterocycles. The number of allylic oxidation sites excluding steroid dienone is 1. The van der Waals surface area contributed by atoms with Crippen LogP contribution in [-0.2, 0) is 13.0 Å². The zero-order valence-corrected chi connectivity index (χ0v) is 15.1. The lowest BCUT2D eigenvalue weighted by atomic mass is 9.84. The number of phenolic OH excluding ortho intramolecular Hbond substituents is 1. The number of fused-ring (bicyclic) bond motifs is 1. The van der Waals surface area contributed by atoms with Gasteiger partial charge in [0.15, 0.2) is 11.6 Å². The fourth-order valence-electron chi connectivity index (χ4n) is 3.47. The van der Waals surface area contributed by atoms with Gasteiger partial charge in [0.25, 0.3) is 0 Å². The molecule has 0 saturated heterocycles. The third-order valence-corrected chi connectivity index (χ3v) is 4.93. The van der Waals surface area contributed by atoms with Gasteiger partial charge in [0.2, 0.25) is 0 Å². The zero-order chi connectivity index (χ0) is 19.5. The second kappa shape index (κ2) is 7.58. The molecule has 0 heterocycles. The van der Waals surface area contributed by atoms with Crippen LogP contribution in [0.1, 0.15) is 33.7 Å². The second-order valence-corrected chi connectivity index (χ2v) is 6.81. The molecule has 4 rings (SSSR count). The van der Waals surface area contributed by atoms with Crippen LogP contribution in [0, 0.1) is 17.1 Å². The molecule has 4 heteroatoms. The van der Waals surface area contributed by atoms with E-state index in [-0.39, 0.29) is 17.4 Å². The number of phenols is 1. The van der Waals surface area contributed by atoms with Gasteiger partial charge in [-0.15, -0.1) is 0 Å². The molecular weight excluding hydrogens is 353 g/mol. The number of hydrogen-bond acceptors (Lipinski definition) is 3. The Hall–Kier alpha value is -3.58. The number of nitriles is 1. The quantitative estimate of drug-likeness (QED) is 0.674. The number of nitrogens with zero attached hydrogens (tertiary/aromatic N) is 1. The van der Waals surface area contributed by atoms with Crippen molar-refractivity contribution in [2.24, 2.45) is 0 Å². The van der Waals surface area contributed by atoms with Gasteiger partial charge < -0.3 is 9.84 Å². The summed E-state index contributed by atoms with van der Waals surface area (Å²) in [5.41, 5.74) is 3.83. The summed E-state index contributed by atoms with van der Waals surface area (Å²) < 4.78 is 20.2. The van der Waals surface area contributed by atoms with E-state index in [2.05, 4.69) is 6.07 Å². The van der Waals surface area contributed by atoms with Gasteiger partial charge in [-0.1, -0.05) is 48.6 Å². The van der Waals surface area contributed by atoms with Crippen molar-refractivity contribution in [3.05, 3.63) is 100 Å². The van der Waals surface area contributed by atoms with Gasteiger partial charge in [-0.25, -0.2) is 4.39 Å². The Balaban J connectivity index is 1.52. The Morgan fingerprint density at radius 1 is 1.11 bits per heavy atom. The molecule has 0 amide bonds. The first-order chi connectivity index (χ1) is 13.6. The minimum atomic E-state index is -0.402. The summed E-state index contributed by atoms with van der Waals surface area (Å²) in [6.07, 6.45) is 4.38. The average Bonchev–Trinajstić information content (AvgIpc) is 2.73. The summed E-state index contributed by atoms with van der Waals surface area (Å²) in [4.78, 5) is 0. The minimum Gasteiger partial charge on any atom is -0.507 e. The molecule has 0 saturated carbocycles. The maximum atomic E-state index is 14.6. The minimum absolute atomic E-state index is 0.0292. The average molecular weight is 371 g/mol. The molecule has 1 N–H and O–H groups in total. The van der Waals surface area contributed by atoms with Crippen LogP contribution in [0.4, 0.5) is 4.39 Å². The van der Waals surface area contributed by atoms with Gasteiger partial charge in [0, 0.05) is 11.5 Å². The van der Waals surface area contributed by atoms with Crippen molar-refractivity contribution in [3.8, 4) is 17.6 Å². The molecule has 1 unspecified atom stereocenters. The molecule has 1 atom stereocenters. The molecule has 1 aliphatic rings. The second-order valence-electron chi connectivity index (χ2n) is 6.81. The molecule has 0 aromatic heterocycles. The van der Waals surface area contributed by atoms with E-state index in [1.165, 1.54) is 12.1 Å². The smallest absolute Gasteiger partial charge is 0.165 e. The van der Waals surface area contributed by atoms with E-state index < -0.39 is 5.82 Å². The van der Waals surface area contributed by atoms with Gasteiger partial charge in [-0.3, -0.25) is 0 Å². The predicted octanol–water partition coefficient (Wildman–Crippen LogP) is 5.34. The SMILES string of the molecule is N#Cc1cc(O)c2c(c1)CC(c1ccc(OCc3ccccc3)c(F)c1)C=C2. The monoisotopic (exact) mass is 371 g/mol. The van der Waals surface area contributed by atoms with E-state index in [9.17, 15) is 9.50 Å². The van der Waals surface area contributed by atoms with Gasteiger partial charge in [-0.05, 0) is 47.4 Å². The fourth-order valence-corrected chi connectivity index (χ4v) is 3.47. The highest BCUT2D eigenvalue weighted by Gasteiger charge is 2.20. The van der Waals surface area contributed by atoms with E-state index in [1.54, 1.807) is 12.1 Å². The molecule has 138 valence electrons. The van der Waals surface area contributed by atoms with Crippen LogP contribution in [0.5, 0.6) is 11.5 Å². The number of aromatic hydroxyl groups is 1. The highest BCUT2D eigenvalue weighted by molar-refractivity contribution is 5.66. The van der Waals surface area contributed by atoms with Crippen molar-refractivity contribution >= 4 is 6.08 Å². The maximum absolute atomic E-state index is 14.6. The number of benzene rings is 3. The van der Waals surface area contributed by atoms with Crippen LogP contribution >= 0.6 is 0 Å². The molecule has 3 aromatic rings. The van der Waals surface area contributed by atoms with Gasteiger partial charge in [0.1, 0.15) is 12.4 Å². The third-order valence-electron chi connectivity index (χ3n) is 4.93. The molecule has 28 heavy (non-hydrogen) atoms. The predicted molar refractivity (Wildman–Crippen MR) is 105 cm³/mol. The van der Waals surface area contributed by atoms with Crippen LogP contribution in [0.3, 0.4) is 0 Å². The molecule has 3 aromatic carbocycles. The van der Waals surface area contributed by atoms with Crippen molar-refractivity contribution in [1.82, 2.24) is 0 Å². The van der Waals surface area contributed by atoms with Crippen molar-refractivity contribution in [2.75, 3.05) is 0 Å². The van der Waals surface area contributed by atoms with E-state index in [1.807, 2.05) is 48.6 Å². The first-order valence-corrected chi connectivity index (χ1v) is 9.04. The molecule has 0 fully saturated rings. The van der Waals surface area contributed by atoms with Crippen LogP contribution < -0.4 is 4.74 Å². The topological polar surface area (TPSA) is 53.2 Å². The lowest BCUT2D eigenvalue weighted by Gasteiger charge is -2.21. The lowest BCUT2D eigenvalue weighted by Crippen LogP contribution is -2.07. The van der Waals surface area contributed by atoms with Crippen molar-refractivity contribution in [3.63, 3.8) is 0 Å². The first kappa shape index (κ1) is 17.8. The summed E-state index contributed by atoms with van der Waals surface area (Å²) in [6.45, 7) is 0.310. The Morgan fingerprint density at radius 3 is 2.68 bits per heavy atom. The molecule has 0 bridgehead atoms. The van der Waals surface area contributed by atoms with Crippen molar-refractivity contribution in [1.29, 1.82) is 5.26 Å². The molecule has 0 spiro atoms. The highest BCUT2D eigenvalue weighted by Crippen LogP contribution is 2.36. The van der Waals surface area contributed by atoms with Gasteiger partial charge in [-0.2, -0.15) is 5.26 Å². The van der Waals surface area contributed by atoms with E-state index in [4.69, 9.17) is 10.00 Å². The number of ether oxygens (including phenoxy) is 1. The molecule has 3 nitrogen and oxygen atoms in total. The largest absolute Gasteiger partial charge is 0.507 e. The number of halogens is 1. The Bertz CT molecular complexity index is 1080. The van der Waals surface area contributed by atoms with E-state index in [0.29, 0.717) is 18.6 Å². The molecule has 0 radical (unpaired) electrons. The van der Waals surface area contributed by atoms with Gasteiger partial charge >= 0.3 is 0 Å². The summed E-state index contributed by atoms with van der Waals surface area (Å²) in [5.74, 6) is -0.114. The highest BCUT2D eigenvalue weighted by atomic mass is 19.1. The third kappa shape index (κ3) is 3.60. The summed E-state index contributed by atoms with van der Waals surface area (Å²) in [5, 5.41) is 19.2. The normalized spacial score (nSPS) is 14.9. The summed E-state index contributed by atoms with van der Waals surface area (Å²) in [6, 6.07) is 19.9. The van der Waals surface area contributed by atoms with Crippen LogP contribution in [-0.4, -0.2) is 5.11 Å². The standard InChI is InChI=1S/C24H18FNO2/c25-22-13-19(7-9-24(22)28-15-16-4-2-1-3-5-16)18-6-8-21-20(12-18)10-17(14-26)11-23(21)27/h1-11,13,18,27H,12,15H2. The van der Waals surface area contributed by atoms with Crippen molar-refractivity contribution in [2.45, 2.75) is 18.9 Å². The van der Waals surface area contributed by atoms with E-state index >= 15 is 0 Å². The number of hydrogen-bond donors (Lipinski definition) is 1. The Labute approximate surface area is 163 Å². The maximum Gasteiger partial charge on any atom is 0.165 e. The summed E-state index contributed by atoms with van der Waals surface area (Å²) in [7, 11) is 0. The Kier molecular flexibility index (Phi) is 4.82.